The summed E-state index contributed by atoms with van der Waals surface area (Å²) in [4.78, 5) is 74.2. The summed E-state index contributed by atoms with van der Waals surface area (Å²) >= 11 is 0. The number of amides is 5. The number of piperidine rings is 2. The van der Waals surface area contributed by atoms with Crippen LogP contribution in [0.3, 0.4) is 0 Å². The number of likely N-dealkylation sites (tertiary alicyclic amines) is 1. The molecule has 0 radical (unpaired) electrons. The molecule has 4 fully saturated rings. The Labute approximate surface area is 364 Å². The van der Waals surface area contributed by atoms with Crippen molar-refractivity contribution in [2.75, 3.05) is 54.9 Å². The third-order valence-corrected chi connectivity index (χ3v) is 12.6. The van der Waals surface area contributed by atoms with Crippen LogP contribution in [-0.4, -0.2) is 127 Å². The molecule has 18 nitrogen and oxygen atoms in total. The molecule has 5 aliphatic rings. The van der Waals surface area contributed by atoms with Crippen molar-refractivity contribution < 1.29 is 42.2 Å². The summed E-state index contributed by atoms with van der Waals surface area (Å²) < 4.78 is 43.2. The van der Waals surface area contributed by atoms with Crippen LogP contribution in [-0.2, 0) is 25.6 Å². The molecule has 5 amide bonds. The third-order valence-electron chi connectivity index (χ3n) is 12.6. The van der Waals surface area contributed by atoms with E-state index in [0.29, 0.717) is 62.1 Å². The smallest absolute Gasteiger partial charge is 0.284 e. The number of nitrogens with zero attached hydrogens (tertiary/aromatic N) is 8. The molecule has 10 rings (SSSR count). The van der Waals surface area contributed by atoms with Gasteiger partial charge in [0.1, 0.15) is 17.4 Å². The van der Waals surface area contributed by atoms with E-state index in [0.717, 1.165) is 42.8 Å². The summed E-state index contributed by atoms with van der Waals surface area (Å²) in [7, 11) is 0. The number of imide groups is 2. The number of anilines is 3. The number of benzene rings is 2. The van der Waals surface area contributed by atoms with Gasteiger partial charge in [-0.2, -0.15) is 10.2 Å². The second-order valence-corrected chi connectivity index (χ2v) is 16.7. The highest BCUT2D eigenvalue weighted by molar-refractivity contribution is 6.25. The number of nitrogens with one attached hydrogen (secondary N) is 3. The van der Waals surface area contributed by atoms with Gasteiger partial charge in [0.2, 0.25) is 11.8 Å². The van der Waals surface area contributed by atoms with Crippen molar-refractivity contribution >= 4 is 52.4 Å². The lowest BCUT2D eigenvalue weighted by Crippen LogP contribution is -2.54. The van der Waals surface area contributed by atoms with E-state index in [4.69, 9.17) is 14.5 Å². The number of carbonyl (C=O) groups is 5. The monoisotopic (exact) mass is 877 g/mol. The van der Waals surface area contributed by atoms with Crippen molar-refractivity contribution in [2.24, 2.45) is 0 Å². The second kappa shape index (κ2) is 17.1. The van der Waals surface area contributed by atoms with Crippen LogP contribution in [0.25, 0.3) is 11.3 Å². The Kier molecular flexibility index (Phi) is 11.1. The molecule has 5 aliphatic heterocycles. The molecule has 64 heavy (non-hydrogen) atoms. The molecule has 4 saturated heterocycles. The van der Waals surface area contributed by atoms with Gasteiger partial charge in [-0.15, -0.1) is 0 Å². The van der Waals surface area contributed by atoms with E-state index in [1.54, 1.807) is 24.4 Å². The molecule has 20 heteroatoms. The van der Waals surface area contributed by atoms with Crippen LogP contribution in [0.15, 0.2) is 67.1 Å². The van der Waals surface area contributed by atoms with Crippen LogP contribution in [0.1, 0.15) is 87.3 Å². The Balaban J connectivity index is 0.688. The van der Waals surface area contributed by atoms with Crippen LogP contribution < -0.4 is 20.9 Å². The average Bonchev–Trinajstić information content (AvgIpc) is 4.15. The molecule has 3 aromatic heterocycles. The van der Waals surface area contributed by atoms with Gasteiger partial charge < -0.3 is 25.0 Å². The molecule has 3 atom stereocenters. The first-order valence-electron chi connectivity index (χ1n) is 21.5. The van der Waals surface area contributed by atoms with Crippen LogP contribution >= 0.6 is 0 Å². The number of hydrogen-bond donors (Lipinski definition) is 3. The normalized spacial score (nSPS) is 21.4. The van der Waals surface area contributed by atoms with Crippen molar-refractivity contribution in [1.82, 2.24) is 39.5 Å². The molecule has 0 aliphatic carbocycles. The Morgan fingerprint density at radius 3 is 2.58 bits per heavy atom. The number of hydrogen-bond acceptors (Lipinski definition) is 13. The maximum Gasteiger partial charge on any atom is 0.284 e. The highest BCUT2D eigenvalue weighted by atomic mass is 19.3. The number of carbonyl (C=O) groups excluding carboxylic acids is 5. The molecule has 5 aromatic rings. The lowest BCUT2D eigenvalue weighted by atomic mass is 10.0. The molecule has 2 unspecified atom stereocenters. The van der Waals surface area contributed by atoms with Crippen molar-refractivity contribution in [3.8, 4) is 5.69 Å². The molecule has 2 aromatic carbocycles. The standard InChI is InChI=1S/C44H45F2N11O7/c45-39(46)38-33(49-41(59)31-20-48-55-17-13-35(50-40(31)55)54-22-29-19-27(54)24-64-29)23-56(52-38)26-7-5-25(6-8-26)21-53-15-11-28(12-16-53)63-18-2-14-47-32-4-1-3-30-37(32)44(62)57(43(30)61)34-9-10-36(58)51-42(34)60/h1,3-8,13,17,20,23,27-29,34,39,47H,2,9-12,14-16,18-19,21-22,24H2,(H,49,59)(H,51,58,60)/t27?,29-,34?/m1/s1. The molecule has 8 heterocycles. The first-order chi connectivity index (χ1) is 31.1. The van der Waals surface area contributed by atoms with E-state index in [9.17, 15) is 32.8 Å². The van der Waals surface area contributed by atoms with Crippen LogP contribution in [0.4, 0.5) is 26.0 Å². The van der Waals surface area contributed by atoms with E-state index in [1.807, 2.05) is 30.3 Å². The highest BCUT2D eigenvalue weighted by Gasteiger charge is 2.46. The van der Waals surface area contributed by atoms with Gasteiger partial charge in [-0.25, -0.2) is 23.0 Å². The first-order valence-corrected chi connectivity index (χ1v) is 21.5. The Hall–Kier alpha value is -6.64. The lowest BCUT2D eigenvalue weighted by molar-refractivity contribution is -0.136. The molecular weight excluding hydrogens is 833 g/mol. The number of ether oxygens (including phenoxy) is 2. The average molecular weight is 878 g/mol. The van der Waals surface area contributed by atoms with E-state index in [2.05, 4.69) is 35.9 Å². The fourth-order valence-corrected chi connectivity index (χ4v) is 9.28. The summed E-state index contributed by atoms with van der Waals surface area (Å²) in [6.07, 6.45) is 5.26. The van der Waals surface area contributed by atoms with E-state index < -0.39 is 47.7 Å². The van der Waals surface area contributed by atoms with Gasteiger partial charge in [0, 0.05) is 57.6 Å². The van der Waals surface area contributed by atoms with Gasteiger partial charge in [-0.1, -0.05) is 18.2 Å². The van der Waals surface area contributed by atoms with Crippen molar-refractivity contribution in [1.29, 1.82) is 0 Å². The lowest BCUT2D eigenvalue weighted by Gasteiger charge is -2.32. The summed E-state index contributed by atoms with van der Waals surface area (Å²) in [5, 5.41) is 16.5. The Morgan fingerprint density at radius 2 is 1.83 bits per heavy atom. The number of morpholine rings is 1. The molecule has 0 spiro atoms. The van der Waals surface area contributed by atoms with E-state index >= 15 is 0 Å². The Morgan fingerprint density at radius 1 is 1.00 bits per heavy atom. The summed E-state index contributed by atoms with van der Waals surface area (Å²) in [6, 6.07) is 13.5. The zero-order valence-electron chi connectivity index (χ0n) is 34.6. The minimum Gasteiger partial charge on any atom is -0.384 e. The van der Waals surface area contributed by atoms with Crippen LogP contribution in [0, 0.1) is 0 Å². The van der Waals surface area contributed by atoms with Crippen molar-refractivity contribution in [3.63, 3.8) is 0 Å². The fraction of sp³-hybridized carbons (Fsp3) is 0.409. The van der Waals surface area contributed by atoms with E-state index in [-0.39, 0.29) is 53.5 Å². The number of fused-ring (bicyclic) bond motifs is 4. The van der Waals surface area contributed by atoms with Crippen molar-refractivity contribution in [2.45, 2.75) is 75.8 Å². The second-order valence-electron chi connectivity index (χ2n) is 16.7. The number of rotatable bonds is 14. The predicted molar refractivity (Wildman–Crippen MR) is 225 cm³/mol. The van der Waals surface area contributed by atoms with Crippen molar-refractivity contribution in [3.05, 3.63) is 95.1 Å². The van der Waals surface area contributed by atoms with E-state index in [1.165, 1.54) is 21.6 Å². The van der Waals surface area contributed by atoms with Crippen LogP contribution in [0.5, 0.6) is 0 Å². The maximum absolute atomic E-state index is 14.2. The highest BCUT2D eigenvalue weighted by Crippen LogP contribution is 2.34. The Bertz CT molecular complexity index is 2650. The summed E-state index contributed by atoms with van der Waals surface area (Å²) in [6.45, 7) is 4.71. The number of aromatic nitrogens is 5. The van der Waals surface area contributed by atoms with Gasteiger partial charge in [0.05, 0.1) is 59.8 Å². The molecule has 2 bridgehead atoms. The maximum atomic E-state index is 14.2. The largest absolute Gasteiger partial charge is 0.384 e. The van der Waals surface area contributed by atoms with Crippen LogP contribution in [0.2, 0.25) is 0 Å². The zero-order chi connectivity index (χ0) is 44.1. The molecule has 332 valence electrons. The minimum atomic E-state index is -2.93. The molecule has 3 N–H and O–H groups in total. The molecular formula is C44H45F2N11O7. The zero-order valence-corrected chi connectivity index (χ0v) is 34.6. The number of halogens is 2. The van der Waals surface area contributed by atoms with Gasteiger partial charge in [-0.3, -0.25) is 39.1 Å². The first kappa shape index (κ1) is 41.4. The topological polar surface area (TPSA) is 198 Å². The third kappa shape index (κ3) is 7.96. The molecule has 0 saturated carbocycles. The van der Waals surface area contributed by atoms with Gasteiger partial charge >= 0.3 is 0 Å². The van der Waals surface area contributed by atoms with Gasteiger partial charge in [0.25, 0.3) is 24.1 Å². The SMILES string of the molecule is O=C1CCC(N2C(=O)c3cccc(NCCCOC4CCN(Cc5ccc(-n6cc(NC(=O)c7cnn8ccc(N9C[C@H]%10CC9CO%10)nc78)c(C(F)F)n6)cc5)CC4)c3C2=O)C(=O)N1. The van der Waals surface area contributed by atoms with Gasteiger partial charge in [-0.05, 0) is 68.0 Å². The number of alkyl halides is 2. The predicted octanol–water partition coefficient (Wildman–Crippen LogP) is 3.97. The quantitative estimate of drug-likeness (QED) is 0.107. The van der Waals surface area contributed by atoms with Gasteiger partial charge in [0.15, 0.2) is 11.3 Å². The fourth-order valence-electron chi connectivity index (χ4n) is 9.28. The minimum absolute atomic E-state index is 0.0568. The summed E-state index contributed by atoms with van der Waals surface area (Å²) in [5.41, 5.74) is 2.38. The summed E-state index contributed by atoms with van der Waals surface area (Å²) in [5.74, 6) is -2.08.